The molecule has 2 atom stereocenters. The van der Waals surface area contributed by atoms with Crippen molar-refractivity contribution in [1.82, 2.24) is 19.7 Å². The van der Waals surface area contributed by atoms with Gasteiger partial charge in [0.2, 0.25) is 5.95 Å². The quantitative estimate of drug-likeness (QED) is 0.789. The highest BCUT2D eigenvalue weighted by Gasteiger charge is 2.31. The molecule has 1 N–H and O–H groups in total. The van der Waals surface area contributed by atoms with E-state index < -0.39 is 0 Å². The third kappa shape index (κ3) is 2.77. The second-order valence-corrected chi connectivity index (χ2v) is 5.87. The molecule has 7 nitrogen and oxygen atoms in total. The number of rotatable bonds is 4. The van der Waals surface area contributed by atoms with Crippen LogP contribution in [0.4, 0.5) is 5.95 Å². The van der Waals surface area contributed by atoms with Gasteiger partial charge in [-0.05, 0) is 30.2 Å². The first-order chi connectivity index (χ1) is 12.3. The van der Waals surface area contributed by atoms with Crippen molar-refractivity contribution in [3.8, 4) is 11.5 Å². The summed E-state index contributed by atoms with van der Waals surface area (Å²) in [6, 6.07) is 9.98. The fourth-order valence-corrected chi connectivity index (χ4v) is 3.27. The van der Waals surface area contributed by atoms with Crippen molar-refractivity contribution in [2.24, 2.45) is 0 Å². The molecule has 0 amide bonds. The molecular weight excluding hydrogens is 318 g/mol. The summed E-state index contributed by atoms with van der Waals surface area (Å²) < 4.78 is 12.8. The van der Waals surface area contributed by atoms with Gasteiger partial charge in [0.05, 0.1) is 26.3 Å². The first-order valence-electron chi connectivity index (χ1n) is 8.08. The van der Waals surface area contributed by atoms with E-state index >= 15 is 0 Å². The Morgan fingerprint density at radius 3 is 2.88 bits per heavy atom. The number of anilines is 1. The number of benzene rings is 1. The molecule has 25 heavy (non-hydrogen) atoms. The van der Waals surface area contributed by atoms with E-state index in [1.165, 1.54) is 0 Å². The van der Waals surface area contributed by atoms with Gasteiger partial charge >= 0.3 is 0 Å². The van der Waals surface area contributed by atoms with Gasteiger partial charge in [-0.25, -0.2) is 4.68 Å². The Hall–Kier alpha value is -3.09. The zero-order valence-corrected chi connectivity index (χ0v) is 14.1. The molecule has 1 aliphatic rings. The highest BCUT2D eigenvalue weighted by atomic mass is 16.5. The number of hydrogen-bond acceptors (Lipinski definition) is 6. The van der Waals surface area contributed by atoms with Crippen molar-refractivity contribution in [1.29, 1.82) is 0 Å². The minimum atomic E-state index is 0.00446. The largest absolute Gasteiger partial charge is 0.497 e. The molecule has 0 saturated heterocycles. The van der Waals surface area contributed by atoms with Gasteiger partial charge in [-0.3, -0.25) is 4.98 Å². The molecule has 0 aliphatic carbocycles. The van der Waals surface area contributed by atoms with E-state index in [0.717, 1.165) is 35.0 Å². The van der Waals surface area contributed by atoms with Crippen LogP contribution < -0.4 is 14.8 Å². The summed E-state index contributed by atoms with van der Waals surface area (Å²) in [6.45, 7) is 0. The van der Waals surface area contributed by atoms with Crippen molar-refractivity contribution < 1.29 is 9.47 Å². The van der Waals surface area contributed by atoms with Crippen LogP contribution >= 0.6 is 0 Å². The zero-order valence-electron chi connectivity index (χ0n) is 14.1. The van der Waals surface area contributed by atoms with E-state index in [2.05, 4.69) is 26.4 Å². The average molecular weight is 337 g/mol. The van der Waals surface area contributed by atoms with Gasteiger partial charge in [0.25, 0.3) is 0 Å². The number of ether oxygens (including phenoxy) is 2. The predicted octanol–water partition coefficient (Wildman–Crippen LogP) is 2.84. The molecule has 7 heteroatoms. The minimum absolute atomic E-state index is 0.00446. The Bertz CT molecular complexity index is 865. The fraction of sp³-hybridized carbons (Fsp3) is 0.278. The zero-order chi connectivity index (χ0) is 17.2. The monoisotopic (exact) mass is 337 g/mol. The van der Waals surface area contributed by atoms with Gasteiger partial charge < -0.3 is 14.8 Å². The van der Waals surface area contributed by atoms with Crippen molar-refractivity contribution >= 4 is 5.95 Å². The third-order valence-electron chi connectivity index (χ3n) is 4.52. The summed E-state index contributed by atoms with van der Waals surface area (Å²) >= 11 is 0. The highest BCUT2D eigenvalue weighted by molar-refractivity contribution is 5.45. The van der Waals surface area contributed by atoms with Crippen molar-refractivity contribution in [3.05, 3.63) is 60.2 Å². The lowest BCUT2D eigenvalue weighted by Gasteiger charge is -2.32. The Kier molecular flexibility index (Phi) is 3.97. The van der Waals surface area contributed by atoms with Crippen molar-refractivity contribution in [2.75, 3.05) is 19.5 Å². The summed E-state index contributed by atoms with van der Waals surface area (Å²) in [5.74, 6) is 2.28. The maximum Gasteiger partial charge on any atom is 0.222 e. The van der Waals surface area contributed by atoms with Crippen LogP contribution in [-0.2, 0) is 0 Å². The number of hydrogen-bond donors (Lipinski definition) is 1. The van der Waals surface area contributed by atoms with E-state index in [1.54, 1.807) is 26.7 Å². The first kappa shape index (κ1) is 15.4. The number of fused-ring (bicyclic) bond motifs is 1. The molecule has 2 unspecified atom stereocenters. The van der Waals surface area contributed by atoms with E-state index in [-0.39, 0.29) is 12.1 Å². The molecule has 1 aromatic carbocycles. The van der Waals surface area contributed by atoms with Gasteiger partial charge in [0, 0.05) is 24.0 Å². The third-order valence-corrected chi connectivity index (χ3v) is 4.52. The number of methoxy groups -OCH3 is 2. The summed E-state index contributed by atoms with van der Waals surface area (Å²) in [4.78, 5) is 8.59. The van der Waals surface area contributed by atoms with Gasteiger partial charge in [-0.2, -0.15) is 10.1 Å². The molecule has 3 heterocycles. The Morgan fingerprint density at radius 1 is 1.20 bits per heavy atom. The van der Waals surface area contributed by atoms with Crippen LogP contribution in [-0.4, -0.2) is 34.0 Å². The van der Waals surface area contributed by atoms with Gasteiger partial charge in [-0.1, -0.05) is 6.07 Å². The van der Waals surface area contributed by atoms with E-state index in [4.69, 9.17) is 9.47 Å². The SMILES string of the molecule is COc1ccc(C2CC(c3cccnc3)Nc3ncnn32)c(OC)c1. The predicted molar refractivity (Wildman–Crippen MR) is 92.9 cm³/mol. The van der Waals surface area contributed by atoms with E-state index in [1.807, 2.05) is 35.1 Å². The van der Waals surface area contributed by atoms with Gasteiger partial charge in [0.1, 0.15) is 17.8 Å². The lowest BCUT2D eigenvalue weighted by Crippen LogP contribution is -2.28. The standard InChI is InChI=1S/C18H19N5O2/c1-24-13-5-6-14(17(8-13)25-2)16-9-15(12-4-3-7-19-10-12)22-18-20-11-21-23(16)18/h3-8,10-11,15-16H,9H2,1-2H3,(H,20,21,22). The fourth-order valence-electron chi connectivity index (χ4n) is 3.27. The van der Waals surface area contributed by atoms with Gasteiger partial charge in [-0.15, -0.1) is 0 Å². The van der Waals surface area contributed by atoms with Crippen LogP contribution in [0.2, 0.25) is 0 Å². The molecule has 0 fully saturated rings. The number of aromatic nitrogens is 4. The lowest BCUT2D eigenvalue weighted by molar-refractivity contribution is 0.371. The molecule has 128 valence electrons. The van der Waals surface area contributed by atoms with E-state index in [0.29, 0.717) is 0 Å². The number of nitrogens with zero attached hydrogens (tertiary/aromatic N) is 4. The molecule has 4 rings (SSSR count). The highest BCUT2D eigenvalue weighted by Crippen LogP contribution is 2.41. The van der Waals surface area contributed by atoms with Crippen LogP contribution in [0.15, 0.2) is 49.1 Å². The second kappa shape index (κ2) is 6.43. The maximum absolute atomic E-state index is 5.60. The summed E-state index contributed by atoms with van der Waals surface area (Å²) in [5, 5.41) is 7.84. The lowest BCUT2D eigenvalue weighted by atomic mass is 9.93. The topological polar surface area (TPSA) is 74.1 Å². The molecule has 0 bridgehead atoms. The average Bonchev–Trinajstić information content (AvgIpc) is 3.16. The van der Waals surface area contributed by atoms with Crippen LogP contribution in [0.5, 0.6) is 11.5 Å². The number of nitrogens with one attached hydrogen (secondary N) is 1. The van der Waals surface area contributed by atoms with Crippen LogP contribution in [0, 0.1) is 0 Å². The molecular formula is C18H19N5O2. The molecule has 0 saturated carbocycles. The van der Waals surface area contributed by atoms with Crippen LogP contribution in [0.3, 0.4) is 0 Å². The Morgan fingerprint density at radius 2 is 2.12 bits per heavy atom. The Labute approximate surface area is 145 Å². The minimum Gasteiger partial charge on any atom is -0.497 e. The molecule has 2 aromatic heterocycles. The first-order valence-corrected chi connectivity index (χ1v) is 8.08. The van der Waals surface area contributed by atoms with Crippen LogP contribution in [0.1, 0.15) is 29.6 Å². The normalized spacial score (nSPS) is 19.0. The summed E-state index contributed by atoms with van der Waals surface area (Å²) in [7, 11) is 3.31. The summed E-state index contributed by atoms with van der Waals surface area (Å²) in [5.41, 5.74) is 2.17. The molecule has 0 spiro atoms. The number of pyridine rings is 1. The van der Waals surface area contributed by atoms with Gasteiger partial charge in [0.15, 0.2) is 0 Å². The van der Waals surface area contributed by atoms with Crippen LogP contribution in [0.25, 0.3) is 0 Å². The molecule has 3 aromatic rings. The Balaban J connectivity index is 1.76. The van der Waals surface area contributed by atoms with Crippen molar-refractivity contribution in [3.63, 3.8) is 0 Å². The second-order valence-electron chi connectivity index (χ2n) is 5.87. The smallest absolute Gasteiger partial charge is 0.222 e. The molecule has 1 aliphatic heterocycles. The van der Waals surface area contributed by atoms with E-state index in [9.17, 15) is 0 Å². The molecule has 0 radical (unpaired) electrons. The maximum atomic E-state index is 5.60. The van der Waals surface area contributed by atoms with Crippen molar-refractivity contribution in [2.45, 2.75) is 18.5 Å². The summed E-state index contributed by atoms with van der Waals surface area (Å²) in [6.07, 6.45) is 6.03.